The molecule has 5 nitrogen and oxygen atoms in total. The largest absolute Gasteiger partial charge is 0.460 e. The molecule has 0 rings (SSSR count). The van der Waals surface area contributed by atoms with Gasteiger partial charge in [-0.05, 0) is 6.92 Å². The van der Waals surface area contributed by atoms with Crippen molar-refractivity contribution in [1.29, 1.82) is 0 Å². The lowest BCUT2D eigenvalue weighted by Crippen LogP contribution is -2.26. The lowest BCUT2D eigenvalue weighted by atomic mass is 9.89. The van der Waals surface area contributed by atoms with E-state index < -0.39 is 5.97 Å². The molecule has 0 aliphatic heterocycles. The summed E-state index contributed by atoms with van der Waals surface area (Å²) in [5, 5.41) is 2.37. The highest BCUT2D eigenvalue weighted by atomic mass is 32.2. The first-order valence-corrected chi connectivity index (χ1v) is 7.39. The third kappa shape index (κ3) is 8.74. The molecule has 1 amide bonds. The first-order chi connectivity index (χ1) is 9.14. The zero-order valence-corrected chi connectivity index (χ0v) is 13.4. The number of ketones is 1. The number of rotatable bonds is 7. The van der Waals surface area contributed by atoms with Crippen LogP contribution in [0.25, 0.3) is 0 Å². The van der Waals surface area contributed by atoms with Crippen molar-refractivity contribution in [3.8, 4) is 0 Å². The molecule has 0 aliphatic carbocycles. The van der Waals surface area contributed by atoms with Crippen LogP contribution in [-0.4, -0.2) is 35.9 Å². The normalized spacial score (nSPS) is 10.8. The minimum Gasteiger partial charge on any atom is -0.460 e. The fraction of sp³-hybridized carbons (Fsp3) is 0.643. The summed E-state index contributed by atoms with van der Waals surface area (Å²) < 4.78 is 4.82. The maximum atomic E-state index is 11.6. The molecule has 20 heavy (non-hydrogen) atoms. The van der Waals surface area contributed by atoms with Gasteiger partial charge in [-0.2, -0.15) is 0 Å². The van der Waals surface area contributed by atoms with Crippen molar-refractivity contribution in [2.75, 3.05) is 18.9 Å². The predicted octanol–water partition coefficient (Wildman–Crippen LogP) is 2.55. The Balaban J connectivity index is 3.68. The first kappa shape index (κ1) is 18.7. The third-order valence-electron chi connectivity index (χ3n) is 2.35. The van der Waals surface area contributed by atoms with Gasteiger partial charge in [-0.3, -0.25) is 9.59 Å². The number of Topliss-reactive ketones (excluding diaryl/α,β-unsaturated/α-hetero) is 1. The van der Waals surface area contributed by atoms with Gasteiger partial charge in [0.15, 0.2) is 0 Å². The van der Waals surface area contributed by atoms with E-state index in [-0.39, 0.29) is 29.6 Å². The minimum atomic E-state index is -0.470. The number of nitrogens with one attached hydrogen (secondary N) is 1. The van der Waals surface area contributed by atoms with Crippen LogP contribution in [0, 0.1) is 5.41 Å². The van der Waals surface area contributed by atoms with Crippen LogP contribution in [0.3, 0.4) is 0 Å². The maximum Gasteiger partial charge on any atom is 0.333 e. The van der Waals surface area contributed by atoms with Crippen molar-refractivity contribution < 1.29 is 19.1 Å². The van der Waals surface area contributed by atoms with Gasteiger partial charge < -0.3 is 10.1 Å². The van der Waals surface area contributed by atoms with Gasteiger partial charge in [0.05, 0.1) is 6.54 Å². The van der Waals surface area contributed by atoms with Crippen LogP contribution in [0.5, 0.6) is 0 Å². The maximum absolute atomic E-state index is 11.6. The van der Waals surface area contributed by atoms with Crippen molar-refractivity contribution in [1.82, 2.24) is 5.32 Å². The standard InChI is InChI=1S/C14H23NO4S/c1-10(2)12(17)19-8-7-15-13(18)20-9-6-11(16)14(3,4)5/h1,6-9H2,2-5H3,(H,15,18). The van der Waals surface area contributed by atoms with E-state index in [2.05, 4.69) is 11.9 Å². The van der Waals surface area contributed by atoms with E-state index >= 15 is 0 Å². The predicted molar refractivity (Wildman–Crippen MR) is 80.7 cm³/mol. The van der Waals surface area contributed by atoms with E-state index in [9.17, 15) is 14.4 Å². The Hall–Kier alpha value is -1.30. The van der Waals surface area contributed by atoms with Gasteiger partial charge in [-0.25, -0.2) is 4.79 Å². The van der Waals surface area contributed by atoms with Gasteiger partial charge in [-0.1, -0.05) is 39.1 Å². The number of ether oxygens (including phenoxy) is 1. The molecule has 0 unspecified atom stereocenters. The zero-order chi connectivity index (χ0) is 15.8. The van der Waals surface area contributed by atoms with Crippen LogP contribution >= 0.6 is 11.8 Å². The van der Waals surface area contributed by atoms with Crippen molar-refractivity contribution >= 4 is 28.8 Å². The molecule has 0 aliphatic rings. The minimum absolute atomic E-state index is 0.110. The molecular formula is C14H23NO4S. The van der Waals surface area contributed by atoms with E-state index in [1.165, 1.54) is 0 Å². The van der Waals surface area contributed by atoms with E-state index in [0.29, 0.717) is 17.7 Å². The molecule has 6 heteroatoms. The number of esters is 1. The van der Waals surface area contributed by atoms with Gasteiger partial charge in [0.2, 0.25) is 0 Å². The van der Waals surface area contributed by atoms with Gasteiger partial charge in [0, 0.05) is 23.2 Å². The molecular weight excluding hydrogens is 278 g/mol. The third-order valence-corrected chi connectivity index (χ3v) is 3.17. The number of hydrogen-bond donors (Lipinski definition) is 1. The smallest absolute Gasteiger partial charge is 0.333 e. The van der Waals surface area contributed by atoms with E-state index in [4.69, 9.17) is 4.74 Å². The second-order valence-corrected chi connectivity index (χ2v) is 6.47. The topological polar surface area (TPSA) is 72.5 Å². The summed E-state index contributed by atoms with van der Waals surface area (Å²) >= 11 is 1.06. The molecule has 0 aromatic carbocycles. The monoisotopic (exact) mass is 301 g/mol. The Morgan fingerprint density at radius 2 is 1.85 bits per heavy atom. The molecule has 0 aromatic rings. The van der Waals surface area contributed by atoms with Crippen LogP contribution in [0.2, 0.25) is 0 Å². The molecule has 0 bridgehead atoms. The molecule has 0 saturated heterocycles. The van der Waals surface area contributed by atoms with Crippen molar-refractivity contribution in [3.63, 3.8) is 0 Å². The molecule has 0 saturated carbocycles. The molecule has 0 radical (unpaired) electrons. The summed E-state index contributed by atoms with van der Waals surface area (Å²) in [7, 11) is 0. The fourth-order valence-electron chi connectivity index (χ4n) is 1.08. The molecule has 0 fully saturated rings. The molecule has 0 aromatic heterocycles. The summed E-state index contributed by atoms with van der Waals surface area (Å²) in [5.74, 6) is 0.115. The van der Waals surface area contributed by atoms with Crippen molar-refractivity contribution in [2.24, 2.45) is 5.41 Å². The Morgan fingerprint density at radius 3 is 2.35 bits per heavy atom. The summed E-state index contributed by atoms with van der Waals surface area (Å²) in [6.45, 7) is 10.9. The fourth-order valence-corrected chi connectivity index (χ4v) is 1.76. The van der Waals surface area contributed by atoms with Crippen LogP contribution in [-0.2, 0) is 14.3 Å². The highest BCUT2D eigenvalue weighted by Gasteiger charge is 2.20. The lowest BCUT2D eigenvalue weighted by molar-refractivity contribution is -0.138. The van der Waals surface area contributed by atoms with E-state index in [1.54, 1.807) is 6.92 Å². The van der Waals surface area contributed by atoms with Crippen LogP contribution in [0.1, 0.15) is 34.1 Å². The first-order valence-electron chi connectivity index (χ1n) is 6.41. The van der Waals surface area contributed by atoms with Gasteiger partial charge in [0.1, 0.15) is 12.4 Å². The number of hydrogen-bond acceptors (Lipinski definition) is 5. The molecule has 114 valence electrons. The van der Waals surface area contributed by atoms with Crippen molar-refractivity contribution in [2.45, 2.75) is 34.1 Å². The van der Waals surface area contributed by atoms with Crippen LogP contribution < -0.4 is 5.32 Å². The lowest BCUT2D eigenvalue weighted by Gasteiger charge is -2.15. The summed E-state index contributed by atoms with van der Waals surface area (Å²) in [6, 6.07) is 0. The molecule has 0 spiro atoms. The quantitative estimate of drug-likeness (QED) is 0.444. The van der Waals surface area contributed by atoms with Crippen LogP contribution in [0.15, 0.2) is 12.2 Å². The van der Waals surface area contributed by atoms with Crippen molar-refractivity contribution in [3.05, 3.63) is 12.2 Å². The highest BCUT2D eigenvalue weighted by Crippen LogP contribution is 2.18. The van der Waals surface area contributed by atoms with Crippen LogP contribution in [0.4, 0.5) is 4.79 Å². The van der Waals surface area contributed by atoms with E-state index in [1.807, 2.05) is 20.8 Å². The molecule has 1 N–H and O–H groups in total. The van der Waals surface area contributed by atoms with Gasteiger partial charge >= 0.3 is 5.97 Å². The second kappa shape index (κ2) is 8.79. The summed E-state index contributed by atoms with van der Waals surface area (Å²) in [6.07, 6.45) is 0.367. The number of thioether (sulfide) groups is 1. The average molecular weight is 301 g/mol. The van der Waals surface area contributed by atoms with Gasteiger partial charge in [0.25, 0.3) is 5.24 Å². The summed E-state index contributed by atoms with van der Waals surface area (Å²) in [4.78, 5) is 34.1. The SMILES string of the molecule is C=C(C)C(=O)OCCNC(=O)SCCC(=O)C(C)(C)C. The zero-order valence-electron chi connectivity index (χ0n) is 12.6. The van der Waals surface area contributed by atoms with Gasteiger partial charge in [-0.15, -0.1) is 0 Å². The molecule has 0 atom stereocenters. The number of amides is 1. The Morgan fingerprint density at radius 1 is 1.25 bits per heavy atom. The Bertz CT molecular complexity index is 385. The Kier molecular flexibility index (Phi) is 8.22. The Labute approximate surface area is 124 Å². The highest BCUT2D eigenvalue weighted by molar-refractivity contribution is 8.13. The molecule has 0 heterocycles. The number of carbonyl (C=O) groups is 3. The number of carbonyl (C=O) groups excluding carboxylic acids is 3. The second-order valence-electron chi connectivity index (χ2n) is 5.40. The summed E-state index contributed by atoms with van der Waals surface area (Å²) in [5.41, 5.74) is -0.0419. The average Bonchev–Trinajstić information content (AvgIpc) is 2.32. The van der Waals surface area contributed by atoms with E-state index in [0.717, 1.165) is 11.8 Å².